The number of hydrazine groups is 1. The Labute approximate surface area is 118 Å². The molecule has 2 nitrogen and oxygen atoms in total. The number of rotatable bonds is 4. The Hall–Kier alpha value is -0.380. The summed E-state index contributed by atoms with van der Waals surface area (Å²) in [5.41, 5.74) is 4.36. The topological polar surface area (TPSA) is 38.0 Å². The normalized spacial score (nSPS) is 25.9. The fourth-order valence-electron chi connectivity index (χ4n) is 3.35. The van der Waals surface area contributed by atoms with Crippen molar-refractivity contribution in [3.05, 3.63) is 34.3 Å². The summed E-state index contributed by atoms with van der Waals surface area (Å²) in [6.07, 6.45) is 6.61. The van der Waals surface area contributed by atoms with Gasteiger partial charge in [-0.2, -0.15) is 0 Å². The summed E-state index contributed by atoms with van der Waals surface area (Å²) < 4.78 is 1.16. The molecule has 0 amide bonds. The average molecular weight is 311 g/mol. The van der Waals surface area contributed by atoms with Crippen molar-refractivity contribution in [2.24, 2.45) is 17.7 Å². The molecule has 0 radical (unpaired) electrons. The minimum atomic E-state index is 0.269. The van der Waals surface area contributed by atoms with Crippen LogP contribution in [0.25, 0.3) is 0 Å². The number of benzene rings is 1. The van der Waals surface area contributed by atoms with Gasteiger partial charge in [0, 0.05) is 4.47 Å². The first-order valence-corrected chi connectivity index (χ1v) is 7.77. The van der Waals surface area contributed by atoms with Crippen LogP contribution < -0.4 is 11.3 Å². The molecule has 2 rings (SSSR count). The van der Waals surface area contributed by atoms with Crippen LogP contribution in [0.4, 0.5) is 0 Å². The predicted octanol–water partition coefficient (Wildman–Crippen LogP) is 4.17. The Morgan fingerprint density at radius 1 is 1.33 bits per heavy atom. The average Bonchev–Trinajstić information content (AvgIpc) is 2.42. The summed E-state index contributed by atoms with van der Waals surface area (Å²) >= 11 is 3.65. The maximum atomic E-state index is 5.85. The maximum Gasteiger partial charge on any atom is 0.0501 e. The van der Waals surface area contributed by atoms with Gasteiger partial charge in [-0.3, -0.25) is 11.3 Å². The van der Waals surface area contributed by atoms with Crippen LogP contribution in [-0.4, -0.2) is 0 Å². The van der Waals surface area contributed by atoms with E-state index in [2.05, 4.69) is 52.5 Å². The van der Waals surface area contributed by atoms with Crippen molar-refractivity contribution in [3.8, 4) is 0 Å². The van der Waals surface area contributed by atoms with E-state index in [1.807, 2.05) is 0 Å². The Bertz CT molecular complexity index is 381. The highest BCUT2D eigenvalue weighted by molar-refractivity contribution is 9.10. The molecule has 3 atom stereocenters. The van der Waals surface area contributed by atoms with Crippen LogP contribution in [0.2, 0.25) is 0 Å². The molecule has 3 unspecified atom stereocenters. The zero-order valence-electron chi connectivity index (χ0n) is 11.0. The molecule has 1 fully saturated rings. The largest absolute Gasteiger partial charge is 0.271 e. The van der Waals surface area contributed by atoms with Gasteiger partial charge in [-0.15, -0.1) is 0 Å². The Morgan fingerprint density at radius 2 is 2.06 bits per heavy atom. The van der Waals surface area contributed by atoms with Gasteiger partial charge in [0.2, 0.25) is 0 Å². The van der Waals surface area contributed by atoms with E-state index < -0.39 is 0 Å². The van der Waals surface area contributed by atoms with Gasteiger partial charge in [-0.25, -0.2) is 0 Å². The molecule has 0 saturated heterocycles. The lowest BCUT2D eigenvalue weighted by Gasteiger charge is -2.37. The summed E-state index contributed by atoms with van der Waals surface area (Å²) in [5, 5.41) is 0. The number of nitrogens with one attached hydrogen (secondary N) is 1. The van der Waals surface area contributed by atoms with Crippen LogP contribution in [0.3, 0.4) is 0 Å². The third-order valence-electron chi connectivity index (χ3n) is 4.34. The van der Waals surface area contributed by atoms with Crippen LogP contribution in [0.15, 0.2) is 28.7 Å². The highest BCUT2D eigenvalue weighted by Gasteiger charge is 2.31. The van der Waals surface area contributed by atoms with Gasteiger partial charge in [0.05, 0.1) is 6.04 Å². The Balaban J connectivity index is 2.24. The van der Waals surface area contributed by atoms with Crippen molar-refractivity contribution in [1.29, 1.82) is 0 Å². The second kappa shape index (κ2) is 6.69. The lowest BCUT2D eigenvalue weighted by atomic mass is 9.72. The summed E-state index contributed by atoms with van der Waals surface area (Å²) in [4.78, 5) is 0. The Morgan fingerprint density at radius 3 is 2.72 bits per heavy atom. The van der Waals surface area contributed by atoms with Crippen LogP contribution in [0.5, 0.6) is 0 Å². The van der Waals surface area contributed by atoms with Gasteiger partial charge in [0.25, 0.3) is 0 Å². The molecule has 1 aromatic carbocycles. The molecule has 100 valence electrons. The molecular formula is C15H23BrN2. The maximum absolute atomic E-state index is 5.85. The summed E-state index contributed by atoms with van der Waals surface area (Å²) in [6, 6.07) is 8.69. The van der Waals surface area contributed by atoms with Gasteiger partial charge >= 0.3 is 0 Å². The first-order valence-electron chi connectivity index (χ1n) is 6.98. The van der Waals surface area contributed by atoms with E-state index >= 15 is 0 Å². The fraction of sp³-hybridized carbons (Fsp3) is 0.600. The van der Waals surface area contributed by atoms with Crippen LogP contribution >= 0.6 is 15.9 Å². The molecule has 1 aromatic rings. The van der Waals surface area contributed by atoms with E-state index in [1.54, 1.807) is 0 Å². The molecule has 1 aliphatic carbocycles. The van der Waals surface area contributed by atoms with Crippen LogP contribution in [0.1, 0.15) is 50.6 Å². The van der Waals surface area contributed by atoms with E-state index in [0.29, 0.717) is 5.92 Å². The molecule has 1 saturated carbocycles. The molecule has 0 heterocycles. The number of hydrogen-bond acceptors (Lipinski definition) is 2. The molecular weight excluding hydrogens is 288 g/mol. The number of hydrogen-bond donors (Lipinski definition) is 2. The molecule has 0 aliphatic heterocycles. The second-order valence-electron chi connectivity index (χ2n) is 5.28. The fourth-order valence-corrected chi connectivity index (χ4v) is 3.88. The van der Waals surface area contributed by atoms with E-state index in [1.165, 1.54) is 37.7 Å². The van der Waals surface area contributed by atoms with Gasteiger partial charge in [-0.05, 0) is 29.9 Å². The van der Waals surface area contributed by atoms with Gasteiger partial charge < -0.3 is 0 Å². The summed E-state index contributed by atoms with van der Waals surface area (Å²) in [6.45, 7) is 2.30. The molecule has 0 bridgehead atoms. The van der Waals surface area contributed by atoms with Crippen molar-refractivity contribution in [2.45, 2.75) is 45.1 Å². The van der Waals surface area contributed by atoms with Crippen molar-refractivity contribution in [3.63, 3.8) is 0 Å². The van der Waals surface area contributed by atoms with Gasteiger partial charge in [-0.1, -0.05) is 66.7 Å². The molecule has 0 spiro atoms. The highest BCUT2D eigenvalue weighted by atomic mass is 79.9. The summed E-state index contributed by atoms with van der Waals surface area (Å²) in [7, 11) is 0. The third kappa shape index (κ3) is 2.95. The lowest BCUT2D eigenvalue weighted by Crippen LogP contribution is -2.38. The highest BCUT2D eigenvalue weighted by Crippen LogP contribution is 2.41. The van der Waals surface area contributed by atoms with E-state index in [9.17, 15) is 0 Å². The molecule has 3 heteroatoms. The monoisotopic (exact) mass is 310 g/mol. The Kier molecular flexibility index (Phi) is 5.22. The minimum Gasteiger partial charge on any atom is -0.271 e. The molecule has 18 heavy (non-hydrogen) atoms. The first kappa shape index (κ1) is 14.0. The lowest BCUT2D eigenvalue weighted by molar-refractivity contribution is 0.175. The van der Waals surface area contributed by atoms with Crippen molar-refractivity contribution in [1.82, 2.24) is 5.43 Å². The SMILES string of the molecule is CCC1CCCCC1C(NN)c1ccccc1Br. The van der Waals surface area contributed by atoms with E-state index in [4.69, 9.17) is 5.84 Å². The minimum absolute atomic E-state index is 0.269. The standard InChI is InChI=1S/C15H23BrN2/c1-2-11-7-3-4-8-12(11)15(18-17)13-9-5-6-10-14(13)16/h5-6,9-12,15,18H,2-4,7-8,17H2,1H3. The van der Waals surface area contributed by atoms with Crippen molar-refractivity contribution >= 4 is 15.9 Å². The predicted molar refractivity (Wildman–Crippen MR) is 79.9 cm³/mol. The second-order valence-corrected chi connectivity index (χ2v) is 6.14. The van der Waals surface area contributed by atoms with Crippen LogP contribution in [0, 0.1) is 11.8 Å². The molecule has 0 aromatic heterocycles. The third-order valence-corrected chi connectivity index (χ3v) is 5.06. The van der Waals surface area contributed by atoms with E-state index in [0.717, 1.165) is 10.4 Å². The zero-order chi connectivity index (χ0) is 13.0. The van der Waals surface area contributed by atoms with Gasteiger partial charge in [0.1, 0.15) is 0 Å². The first-order chi connectivity index (χ1) is 8.77. The molecule has 3 N–H and O–H groups in total. The zero-order valence-corrected chi connectivity index (χ0v) is 12.6. The smallest absolute Gasteiger partial charge is 0.0501 e. The molecule has 1 aliphatic rings. The van der Waals surface area contributed by atoms with Crippen molar-refractivity contribution < 1.29 is 0 Å². The van der Waals surface area contributed by atoms with E-state index in [-0.39, 0.29) is 6.04 Å². The quantitative estimate of drug-likeness (QED) is 0.647. The number of nitrogens with two attached hydrogens (primary N) is 1. The van der Waals surface area contributed by atoms with Gasteiger partial charge in [0.15, 0.2) is 0 Å². The summed E-state index contributed by atoms with van der Waals surface area (Å²) in [5.74, 6) is 7.31. The number of halogens is 1. The van der Waals surface area contributed by atoms with Crippen LogP contribution in [-0.2, 0) is 0 Å². The van der Waals surface area contributed by atoms with Crippen molar-refractivity contribution in [2.75, 3.05) is 0 Å².